The van der Waals surface area contributed by atoms with E-state index >= 15 is 0 Å². The molecule has 30 heavy (non-hydrogen) atoms. The van der Waals surface area contributed by atoms with Crippen molar-refractivity contribution in [3.8, 4) is 0 Å². The molecule has 3 rings (SSSR count). The normalized spacial score (nSPS) is 13.0. The molecule has 0 atom stereocenters. The number of carbonyl (C=O) groups is 3. The Balaban J connectivity index is 1.39. The van der Waals surface area contributed by atoms with E-state index in [1.165, 1.54) is 0 Å². The second-order valence-corrected chi connectivity index (χ2v) is 7.45. The summed E-state index contributed by atoms with van der Waals surface area (Å²) in [5.74, 6) is -0.160. The van der Waals surface area contributed by atoms with E-state index in [0.717, 1.165) is 31.5 Å². The quantitative estimate of drug-likeness (QED) is 0.739. The van der Waals surface area contributed by atoms with Crippen molar-refractivity contribution in [2.24, 2.45) is 0 Å². The van der Waals surface area contributed by atoms with E-state index in [2.05, 4.69) is 10.6 Å². The molecule has 7 heteroatoms. The average Bonchev–Trinajstić information content (AvgIpc) is 3.29. The van der Waals surface area contributed by atoms with Crippen molar-refractivity contribution < 1.29 is 14.4 Å². The second-order valence-electron chi connectivity index (χ2n) is 7.45. The first kappa shape index (κ1) is 21.4. The van der Waals surface area contributed by atoms with Gasteiger partial charge in [0.05, 0.1) is 0 Å². The van der Waals surface area contributed by atoms with Gasteiger partial charge in [-0.3, -0.25) is 9.59 Å². The van der Waals surface area contributed by atoms with Gasteiger partial charge < -0.3 is 20.4 Å². The lowest BCUT2D eigenvalue weighted by Gasteiger charge is -2.18. The highest BCUT2D eigenvalue weighted by Gasteiger charge is 2.19. The van der Waals surface area contributed by atoms with Crippen LogP contribution < -0.4 is 10.6 Å². The van der Waals surface area contributed by atoms with Gasteiger partial charge in [0.1, 0.15) is 0 Å². The maximum absolute atomic E-state index is 12.4. The van der Waals surface area contributed by atoms with Crippen LogP contribution in [-0.2, 0) is 11.3 Å². The Kier molecular flexibility index (Phi) is 7.43. The second kappa shape index (κ2) is 10.4. The summed E-state index contributed by atoms with van der Waals surface area (Å²) in [6, 6.07) is 16.4. The van der Waals surface area contributed by atoms with Crippen LogP contribution in [0.2, 0.25) is 0 Å². The highest BCUT2D eigenvalue weighted by molar-refractivity contribution is 5.96. The van der Waals surface area contributed by atoms with Crippen LogP contribution >= 0.6 is 0 Å². The van der Waals surface area contributed by atoms with Crippen LogP contribution in [0, 0.1) is 0 Å². The van der Waals surface area contributed by atoms with Gasteiger partial charge in [0.15, 0.2) is 0 Å². The highest BCUT2D eigenvalue weighted by Crippen LogP contribution is 2.15. The molecular formula is C23H28N4O3. The molecule has 1 aliphatic heterocycles. The van der Waals surface area contributed by atoms with Gasteiger partial charge in [-0.2, -0.15) is 0 Å². The van der Waals surface area contributed by atoms with Gasteiger partial charge in [-0.05, 0) is 42.7 Å². The smallest absolute Gasteiger partial charge is 0.317 e. The first-order chi connectivity index (χ1) is 14.5. The van der Waals surface area contributed by atoms with Crippen LogP contribution in [0.1, 0.15) is 35.2 Å². The SMILES string of the molecule is CN(Cc1ccccc1)C(=O)NCCC(=O)Nc1ccc(C(=O)N2CCCC2)cc1. The minimum absolute atomic E-state index is 0.0349. The number of likely N-dealkylation sites (tertiary alicyclic amines) is 1. The summed E-state index contributed by atoms with van der Waals surface area (Å²) in [6.07, 6.45) is 2.27. The number of urea groups is 1. The van der Waals surface area contributed by atoms with Crippen LogP contribution in [0.5, 0.6) is 0 Å². The lowest BCUT2D eigenvalue weighted by Crippen LogP contribution is -2.38. The predicted octanol–water partition coefficient (Wildman–Crippen LogP) is 3.09. The van der Waals surface area contributed by atoms with Crippen molar-refractivity contribution in [1.29, 1.82) is 0 Å². The van der Waals surface area contributed by atoms with E-state index in [1.54, 1.807) is 36.2 Å². The number of hydrogen-bond acceptors (Lipinski definition) is 3. The predicted molar refractivity (Wildman–Crippen MR) is 116 cm³/mol. The number of nitrogens with zero attached hydrogens (tertiary/aromatic N) is 2. The molecule has 4 amide bonds. The van der Waals surface area contributed by atoms with Crippen molar-refractivity contribution in [2.75, 3.05) is 32.0 Å². The number of anilines is 1. The van der Waals surface area contributed by atoms with Crippen LogP contribution in [0.15, 0.2) is 54.6 Å². The Morgan fingerprint density at radius 1 is 0.967 bits per heavy atom. The fraction of sp³-hybridized carbons (Fsp3) is 0.348. The number of rotatable bonds is 7. The van der Waals surface area contributed by atoms with Gasteiger partial charge >= 0.3 is 6.03 Å². The Bertz CT molecular complexity index is 862. The summed E-state index contributed by atoms with van der Waals surface area (Å²) >= 11 is 0. The van der Waals surface area contributed by atoms with Gasteiger partial charge in [0, 0.05) is 50.9 Å². The number of amides is 4. The van der Waals surface area contributed by atoms with Crippen molar-refractivity contribution in [1.82, 2.24) is 15.1 Å². The van der Waals surface area contributed by atoms with Crippen molar-refractivity contribution in [2.45, 2.75) is 25.8 Å². The molecule has 0 aromatic heterocycles. The van der Waals surface area contributed by atoms with E-state index in [4.69, 9.17) is 0 Å². The number of benzene rings is 2. The third-order valence-electron chi connectivity index (χ3n) is 5.05. The molecule has 2 N–H and O–H groups in total. The zero-order valence-electron chi connectivity index (χ0n) is 17.3. The Morgan fingerprint density at radius 2 is 1.63 bits per heavy atom. The molecule has 1 aliphatic rings. The fourth-order valence-electron chi connectivity index (χ4n) is 3.37. The lowest BCUT2D eigenvalue weighted by molar-refractivity contribution is -0.116. The minimum atomic E-state index is -0.226. The molecular weight excluding hydrogens is 380 g/mol. The molecule has 0 aliphatic carbocycles. The maximum atomic E-state index is 12.4. The number of nitrogens with one attached hydrogen (secondary N) is 2. The van der Waals surface area contributed by atoms with E-state index in [1.807, 2.05) is 35.2 Å². The third-order valence-corrected chi connectivity index (χ3v) is 5.05. The lowest BCUT2D eigenvalue weighted by atomic mass is 10.2. The van der Waals surface area contributed by atoms with Crippen LogP contribution in [-0.4, -0.2) is 54.3 Å². The zero-order chi connectivity index (χ0) is 21.3. The van der Waals surface area contributed by atoms with E-state index in [-0.39, 0.29) is 30.8 Å². The van der Waals surface area contributed by atoms with Crippen LogP contribution in [0.25, 0.3) is 0 Å². The summed E-state index contributed by atoms with van der Waals surface area (Å²) in [4.78, 5) is 40.1. The standard InChI is InChI=1S/C23H28N4O3/c1-26(17-18-7-3-2-4-8-18)23(30)24-14-13-21(28)25-20-11-9-19(10-12-20)22(29)27-15-5-6-16-27/h2-4,7-12H,5-6,13-17H2,1H3,(H,24,30)(H,25,28). The molecule has 0 radical (unpaired) electrons. The number of carbonyl (C=O) groups excluding carboxylic acids is 3. The summed E-state index contributed by atoms with van der Waals surface area (Å²) in [5.41, 5.74) is 2.30. The van der Waals surface area contributed by atoms with Gasteiger partial charge in [-0.15, -0.1) is 0 Å². The Morgan fingerprint density at radius 3 is 2.30 bits per heavy atom. The molecule has 158 valence electrons. The summed E-state index contributed by atoms with van der Waals surface area (Å²) in [7, 11) is 1.72. The summed E-state index contributed by atoms with van der Waals surface area (Å²) < 4.78 is 0. The topological polar surface area (TPSA) is 81.8 Å². The summed E-state index contributed by atoms with van der Waals surface area (Å²) in [5, 5.41) is 5.54. The molecule has 1 saturated heterocycles. The van der Waals surface area contributed by atoms with E-state index in [9.17, 15) is 14.4 Å². The highest BCUT2D eigenvalue weighted by atomic mass is 16.2. The van der Waals surface area contributed by atoms with Crippen molar-refractivity contribution >= 4 is 23.5 Å². The van der Waals surface area contributed by atoms with E-state index in [0.29, 0.717) is 17.8 Å². The monoisotopic (exact) mass is 408 g/mol. The van der Waals surface area contributed by atoms with E-state index < -0.39 is 0 Å². The molecule has 0 unspecified atom stereocenters. The molecule has 7 nitrogen and oxygen atoms in total. The molecule has 0 spiro atoms. The minimum Gasteiger partial charge on any atom is -0.339 e. The number of hydrogen-bond donors (Lipinski definition) is 2. The first-order valence-electron chi connectivity index (χ1n) is 10.2. The largest absolute Gasteiger partial charge is 0.339 e. The molecule has 2 aromatic rings. The molecule has 1 fully saturated rings. The Hall–Kier alpha value is -3.35. The van der Waals surface area contributed by atoms with Crippen LogP contribution in [0.3, 0.4) is 0 Å². The average molecular weight is 409 g/mol. The molecule has 2 aromatic carbocycles. The van der Waals surface area contributed by atoms with Gasteiger partial charge in [-0.25, -0.2) is 4.79 Å². The fourth-order valence-corrected chi connectivity index (χ4v) is 3.37. The van der Waals surface area contributed by atoms with Crippen LogP contribution in [0.4, 0.5) is 10.5 Å². The Labute approximate surface area is 177 Å². The molecule has 1 heterocycles. The van der Waals surface area contributed by atoms with Gasteiger partial charge in [-0.1, -0.05) is 30.3 Å². The van der Waals surface area contributed by atoms with Gasteiger partial charge in [0.25, 0.3) is 5.91 Å². The maximum Gasteiger partial charge on any atom is 0.317 e. The van der Waals surface area contributed by atoms with Gasteiger partial charge in [0.2, 0.25) is 5.91 Å². The van der Waals surface area contributed by atoms with Crippen molar-refractivity contribution in [3.05, 3.63) is 65.7 Å². The molecule has 0 saturated carbocycles. The summed E-state index contributed by atoms with van der Waals surface area (Å²) in [6.45, 7) is 2.36. The molecule has 0 bridgehead atoms. The first-order valence-corrected chi connectivity index (χ1v) is 10.2. The van der Waals surface area contributed by atoms with Crippen molar-refractivity contribution in [3.63, 3.8) is 0 Å². The third kappa shape index (κ3) is 6.07. The zero-order valence-corrected chi connectivity index (χ0v) is 17.3.